The molecule has 1 aliphatic heterocycles. The van der Waals surface area contributed by atoms with Crippen LogP contribution in [-0.4, -0.2) is 32.2 Å². The number of pyridine rings is 1. The van der Waals surface area contributed by atoms with Crippen LogP contribution >= 0.6 is 24.8 Å². The number of aromatic carboxylic acids is 1. The number of nitrogens with two attached hydrogens (primary N) is 2. The van der Waals surface area contributed by atoms with Gasteiger partial charge in [0.1, 0.15) is 17.2 Å². The Bertz CT molecular complexity index is 1690. The van der Waals surface area contributed by atoms with E-state index in [9.17, 15) is 14.7 Å². The predicted molar refractivity (Wildman–Crippen MR) is 154 cm³/mol. The number of aryl methyl sites for hydroxylation is 1. The number of aromatic nitrogens is 3. The van der Waals surface area contributed by atoms with Crippen LogP contribution < -0.4 is 21.8 Å². The van der Waals surface area contributed by atoms with Crippen molar-refractivity contribution in [1.82, 2.24) is 14.5 Å². The van der Waals surface area contributed by atoms with Crippen molar-refractivity contribution >= 4 is 59.1 Å². The number of carboxylic acids is 1. The van der Waals surface area contributed by atoms with Crippen molar-refractivity contribution in [2.45, 2.75) is 38.8 Å². The van der Waals surface area contributed by atoms with Crippen molar-refractivity contribution in [1.29, 1.82) is 0 Å². The van der Waals surface area contributed by atoms with Crippen molar-refractivity contribution in [2.24, 2.45) is 0 Å². The van der Waals surface area contributed by atoms with Crippen LogP contribution in [0.15, 0.2) is 41.5 Å². The molecule has 1 aliphatic carbocycles. The molecule has 204 valence electrons. The van der Waals surface area contributed by atoms with Gasteiger partial charge < -0.3 is 26.0 Å². The summed E-state index contributed by atoms with van der Waals surface area (Å²) in [6.45, 7) is 3.09. The standard InChI is InChI=1S/C27H25FN6O3.2ClH/c1-13-22(20(28)9-18-23(13)34(17-3-4-17)12-19(24(18)35)26(36)37)15-2-5-21-14(8-15)6-7-33(21)11-16-10-31-27(30)32-25(16)29;;/h2,5,8-10,12,17H,3-4,6-7,11H2,1H3,(H,36,37)(H4,29,30,31,32);2*1H. The molecular formula is C27H27Cl2FN6O3. The number of halogens is 3. The van der Waals surface area contributed by atoms with Crippen LogP contribution in [0.5, 0.6) is 0 Å². The Morgan fingerprint density at radius 3 is 2.62 bits per heavy atom. The van der Waals surface area contributed by atoms with Crippen molar-refractivity contribution in [2.75, 3.05) is 22.9 Å². The minimum atomic E-state index is -1.31. The Hall–Kier alpha value is -3.89. The zero-order valence-corrected chi connectivity index (χ0v) is 22.6. The number of rotatable bonds is 5. The summed E-state index contributed by atoms with van der Waals surface area (Å²) in [5.41, 5.74) is 15.9. The average Bonchev–Trinajstić information content (AvgIpc) is 3.62. The van der Waals surface area contributed by atoms with Gasteiger partial charge in [0.05, 0.1) is 5.52 Å². The summed E-state index contributed by atoms with van der Waals surface area (Å²) >= 11 is 0. The molecule has 0 bridgehead atoms. The SMILES string of the molecule is Cc1c(-c2ccc3c(c2)CCN3Cc2cnc(N)nc2N)c(F)cc2c(=O)c(C(=O)O)cn(C3CC3)c12.Cl.Cl. The van der Waals surface area contributed by atoms with Gasteiger partial charge in [-0.05, 0) is 61.1 Å². The Labute approximate surface area is 235 Å². The quantitative estimate of drug-likeness (QED) is 0.317. The Morgan fingerprint density at radius 2 is 1.95 bits per heavy atom. The first-order chi connectivity index (χ1) is 17.7. The van der Waals surface area contributed by atoms with Gasteiger partial charge in [0.15, 0.2) is 0 Å². The zero-order chi connectivity index (χ0) is 26.0. The van der Waals surface area contributed by atoms with E-state index in [1.54, 1.807) is 13.1 Å². The summed E-state index contributed by atoms with van der Waals surface area (Å²) in [5.74, 6) is -1.38. The topological polar surface area (TPSA) is 140 Å². The fourth-order valence-electron chi connectivity index (χ4n) is 5.38. The maximum absolute atomic E-state index is 15.6. The molecule has 6 rings (SSSR count). The molecule has 3 heterocycles. The molecule has 1 saturated carbocycles. The number of nitrogen functional groups attached to an aromatic ring is 2. The first-order valence-electron chi connectivity index (χ1n) is 12.1. The molecule has 4 aromatic rings. The lowest BCUT2D eigenvalue weighted by molar-refractivity contribution is 0.0695. The van der Waals surface area contributed by atoms with Gasteiger partial charge in [0.25, 0.3) is 0 Å². The minimum absolute atomic E-state index is 0. The zero-order valence-electron chi connectivity index (χ0n) is 21.0. The van der Waals surface area contributed by atoms with E-state index in [0.717, 1.165) is 42.6 Å². The van der Waals surface area contributed by atoms with E-state index < -0.39 is 17.2 Å². The number of carbonyl (C=O) groups is 1. The van der Waals surface area contributed by atoms with Gasteiger partial charge in [-0.2, -0.15) is 4.98 Å². The van der Waals surface area contributed by atoms with Crippen molar-refractivity contribution in [3.63, 3.8) is 0 Å². The number of nitrogens with zero attached hydrogens (tertiary/aromatic N) is 4. The number of hydrogen-bond donors (Lipinski definition) is 3. The van der Waals surface area contributed by atoms with Gasteiger partial charge in [-0.15, -0.1) is 24.8 Å². The molecule has 9 nitrogen and oxygen atoms in total. The lowest BCUT2D eigenvalue weighted by Gasteiger charge is -2.21. The number of carboxylic acid groups (broad SMARTS) is 1. The second-order valence-corrected chi connectivity index (χ2v) is 9.72. The highest BCUT2D eigenvalue weighted by Gasteiger charge is 2.29. The fraction of sp³-hybridized carbons (Fsp3) is 0.259. The second kappa shape index (κ2) is 10.3. The van der Waals surface area contributed by atoms with Crippen molar-refractivity contribution < 1.29 is 14.3 Å². The smallest absolute Gasteiger partial charge is 0.341 e. The number of benzene rings is 2. The van der Waals surface area contributed by atoms with E-state index in [-0.39, 0.29) is 47.8 Å². The molecule has 1 fully saturated rings. The number of anilines is 3. The van der Waals surface area contributed by atoms with Gasteiger partial charge in [-0.1, -0.05) is 6.07 Å². The molecule has 2 aromatic carbocycles. The maximum atomic E-state index is 15.6. The molecule has 12 heteroatoms. The van der Waals surface area contributed by atoms with Gasteiger partial charge in [0.2, 0.25) is 11.4 Å². The predicted octanol–water partition coefficient (Wildman–Crippen LogP) is 4.51. The van der Waals surface area contributed by atoms with Crippen LogP contribution in [0, 0.1) is 12.7 Å². The van der Waals surface area contributed by atoms with E-state index in [0.29, 0.717) is 34.6 Å². The summed E-state index contributed by atoms with van der Waals surface area (Å²) in [4.78, 5) is 34.8. The highest BCUT2D eigenvalue weighted by Crippen LogP contribution is 2.41. The maximum Gasteiger partial charge on any atom is 0.341 e. The molecule has 5 N–H and O–H groups in total. The summed E-state index contributed by atoms with van der Waals surface area (Å²) < 4.78 is 17.4. The van der Waals surface area contributed by atoms with Crippen LogP contribution in [0.2, 0.25) is 0 Å². The van der Waals surface area contributed by atoms with Crippen molar-refractivity contribution in [3.8, 4) is 11.1 Å². The third-order valence-electron chi connectivity index (χ3n) is 7.32. The second-order valence-electron chi connectivity index (χ2n) is 9.72. The summed E-state index contributed by atoms with van der Waals surface area (Å²) in [7, 11) is 0. The van der Waals surface area contributed by atoms with Gasteiger partial charge in [0, 0.05) is 53.7 Å². The van der Waals surface area contributed by atoms with E-state index in [4.69, 9.17) is 11.5 Å². The first-order valence-corrected chi connectivity index (χ1v) is 12.1. The highest BCUT2D eigenvalue weighted by molar-refractivity contribution is 5.96. The Balaban J connectivity index is 0.00000176. The van der Waals surface area contributed by atoms with Crippen LogP contribution in [0.4, 0.5) is 21.8 Å². The van der Waals surface area contributed by atoms with Gasteiger partial charge in [-0.3, -0.25) is 4.79 Å². The average molecular weight is 573 g/mol. The third kappa shape index (κ3) is 4.74. The highest BCUT2D eigenvalue weighted by atomic mass is 35.5. The molecule has 0 spiro atoms. The molecule has 2 aromatic heterocycles. The fourth-order valence-corrected chi connectivity index (χ4v) is 5.38. The van der Waals surface area contributed by atoms with Gasteiger partial charge >= 0.3 is 5.97 Å². The van der Waals surface area contributed by atoms with E-state index >= 15 is 4.39 Å². The number of fused-ring (bicyclic) bond motifs is 2. The summed E-state index contributed by atoms with van der Waals surface area (Å²) in [5, 5.41) is 9.62. The first kappa shape index (κ1) is 28.1. The monoisotopic (exact) mass is 572 g/mol. The van der Waals surface area contributed by atoms with Crippen LogP contribution in [0.25, 0.3) is 22.0 Å². The molecule has 0 radical (unpaired) electrons. The molecule has 0 atom stereocenters. The van der Waals surface area contributed by atoms with Gasteiger partial charge in [-0.25, -0.2) is 14.2 Å². The molecule has 2 aliphatic rings. The van der Waals surface area contributed by atoms with Crippen LogP contribution in [0.1, 0.15) is 45.9 Å². The lowest BCUT2D eigenvalue weighted by atomic mass is 9.94. The van der Waals surface area contributed by atoms with Crippen LogP contribution in [-0.2, 0) is 13.0 Å². The lowest BCUT2D eigenvalue weighted by Crippen LogP contribution is -2.21. The normalized spacial score (nSPS) is 14.1. The molecule has 0 amide bonds. The molecular weight excluding hydrogens is 546 g/mol. The number of hydrogen-bond acceptors (Lipinski definition) is 7. The molecule has 39 heavy (non-hydrogen) atoms. The summed E-state index contributed by atoms with van der Waals surface area (Å²) in [6, 6.07) is 7.13. The Kier molecular flexibility index (Phi) is 7.46. The van der Waals surface area contributed by atoms with E-state index in [1.165, 1.54) is 12.3 Å². The van der Waals surface area contributed by atoms with E-state index in [2.05, 4.69) is 14.9 Å². The third-order valence-corrected chi connectivity index (χ3v) is 7.32. The largest absolute Gasteiger partial charge is 0.477 e. The molecule has 0 saturated heterocycles. The Morgan fingerprint density at radius 1 is 1.21 bits per heavy atom. The minimum Gasteiger partial charge on any atom is -0.477 e. The molecule has 0 unspecified atom stereocenters. The van der Waals surface area contributed by atoms with E-state index in [1.807, 2.05) is 22.8 Å². The van der Waals surface area contributed by atoms with Crippen molar-refractivity contribution in [3.05, 3.63) is 75.0 Å². The van der Waals surface area contributed by atoms with Crippen LogP contribution in [0.3, 0.4) is 0 Å². The summed E-state index contributed by atoms with van der Waals surface area (Å²) in [6.07, 6.45) is 5.60.